The minimum atomic E-state index is -0.346. The normalized spacial score (nSPS) is 41.6. The third-order valence-corrected chi connectivity index (χ3v) is 9.36. The van der Waals surface area contributed by atoms with E-state index in [-0.39, 0.29) is 6.10 Å². The minimum Gasteiger partial charge on any atom is -0.388 e. The van der Waals surface area contributed by atoms with Gasteiger partial charge in [0.1, 0.15) is 0 Å². The summed E-state index contributed by atoms with van der Waals surface area (Å²) in [6, 6.07) is 0. The smallest absolute Gasteiger partial charge is 0.0850 e. The second-order valence-corrected chi connectivity index (χ2v) is 12.2. The largest absolute Gasteiger partial charge is 0.388 e. The summed E-state index contributed by atoms with van der Waals surface area (Å²) >= 11 is 0. The quantitative estimate of drug-likeness (QED) is 0.377. The van der Waals surface area contributed by atoms with Crippen LogP contribution in [-0.4, -0.2) is 60.3 Å². The first kappa shape index (κ1) is 27.1. The lowest BCUT2D eigenvalue weighted by Crippen LogP contribution is -2.50. The van der Waals surface area contributed by atoms with Gasteiger partial charge in [-0.3, -0.25) is 4.90 Å². The van der Waals surface area contributed by atoms with Gasteiger partial charge in [-0.15, -0.1) is 0 Å². The van der Waals surface area contributed by atoms with Crippen molar-refractivity contribution < 1.29 is 5.11 Å². The van der Waals surface area contributed by atoms with Crippen molar-refractivity contribution in [1.82, 2.24) is 9.80 Å². The Morgan fingerprint density at radius 3 is 2.20 bits per heavy atom. The van der Waals surface area contributed by atoms with Crippen molar-refractivity contribution in [3.63, 3.8) is 0 Å². The third kappa shape index (κ3) is 9.48. The highest BCUT2D eigenvalue weighted by Gasteiger charge is 2.38. The van der Waals surface area contributed by atoms with E-state index in [1.807, 2.05) is 6.08 Å². The van der Waals surface area contributed by atoms with Crippen molar-refractivity contribution >= 4 is 0 Å². The zero-order valence-corrected chi connectivity index (χ0v) is 22.5. The van der Waals surface area contributed by atoms with Crippen LogP contribution in [-0.2, 0) is 0 Å². The second kappa shape index (κ2) is 15.4. The van der Waals surface area contributed by atoms with Crippen LogP contribution in [0, 0.1) is 23.7 Å². The molecule has 0 spiro atoms. The van der Waals surface area contributed by atoms with Crippen LogP contribution in [0.1, 0.15) is 96.3 Å². The van der Waals surface area contributed by atoms with Gasteiger partial charge < -0.3 is 10.0 Å². The summed E-state index contributed by atoms with van der Waals surface area (Å²) in [5.74, 6) is 3.40. The maximum absolute atomic E-state index is 10.8. The Morgan fingerprint density at radius 2 is 1.31 bits per heavy atom. The highest BCUT2D eigenvalue weighted by atomic mass is 16.3. The van der Waals surface area contributed by atoms with Gasteiger partial charge in [-0.2, -0.15) is 0 Å². The second-order valence-electron chi connectivity index (χ2n) is 12.2. The third-order valence-electron chi connectivity index (χ3n) is 9.36. The number of hydrogen-bond acceptors (Lipinski definition) is 3. The molecule has 6 bridgehead atoms. The molecule has 5 aliphatic heterocycles. The maximum atomic E-state index is 10.8. The van der Waals surface area contributed by atoms with Crippen LogP contribution in [0.4, 0.5) is 0 Å². The first-order valence-corrected chi connectivity index (χ1v) is 15.4. The van der Waals surface area contributed by atoms with Crippen molar-refractivity contribution in [3.8, 4) is 0 Å². The van der Waals surface area contributed by atoms with E-state index in [0.717, 1.165) is 30.2 Å². The average molecular weight is 483 g/mol. The molecule has 5 aliphatic rings. The molecule has 2 saturated heterocycles. The highest BCUT2D eigenvalue weighted by molar-refractivity contribution is 5.05. The lowest BCUT2D eigenvalue weighted by atomic mass is 9.69. The lowest BCUT2D eigenvalue weighted by Gasteiger charge is -2.47. The maximum Gasteiger partial charge on any atom is 0.0850 e. The predicted octanol–water partition coefficient (Wildman–Crippen LogP) is 6.99. The fourth-order valence-corrected chi connectivity index (χ4v) is 7.53. The highest BCUT2D eigenvalue weighted by Crippen LogP contribution is 2.40. The molecule has 0 aromatic rings. The number of fused-ring (bicyclic) bond motifs is 10. The van der Waals surface area contributed by atoms with Crippen LogP contribution in [0.3, 0.4) is 0 Å². The topological polar surface area (TPSA) is 26.7 Å². The Kier molecular flexibility index (Phi) is 11.9. The van der Waals surface area contributed by atoms with E-state index in [1.165, 1.54) is 129 Å². The van der Waals surface area contributed by atoms with E-state index in [0.29, 0.717) is 0 Å². The number of piperidine rings is 2. The molecule has 35 heavy (non-hydrogen) atoms. The zero-order chi connectivity index (χ0) is 24.1. The number of aliphatic hydroxyl groups excluding tert-OH is 1. The molecule has 3 heteroatoms. The molecule has 2 fully saturated rings. The minimum absolute atomic E-state index is 0.346. The van der Waals surface area contributed by atoms with Gasteiger partial charge in [-0.05, 0) is 88.0 Å². The van der Waals surface area contributed by atoms with Crippen LogP contribution in [0.5, 0.6) is 0 Å². The van der Waals surface area contributed by atoms with E-state index in [9.17, 15) is 5.11 Å². The Balaban J connectivity index is 1.51. The first-order valence-electron chi connectivity index (χ1n) is 15.4. The molecule has 0 aromatic heterocycles. The fraction of sp³-hybridized carbons (Fsp3) is 0.812. The standard InChI is InChI=1S/C32H54N2O/c35-31-19-15-11-7-2-1-6-10-14-18-29-25-33-21-16-12-8-4-3-5-9-13-17-28-23-30(32(29)20-22-33)26-34(24-28)27-31/h7-8,11-12,15,19,28-32,35H,1-6,9-10,13-14,16-18,20-27H2/b11-7+,12-8-,19-15-/t28-,29+,30+,31+,32+/m0/s1. The molecule has 5 heterocycles. The van der Waals surface area contributed by atoms with Gasteiger partial charge in [-0.1, -0.05) is 75.0 Å². The summed E-state index contributed by atoms with van der Waals surface area (Å²) in [5, 5.41) is 10.8. The van der Waals surface area contributed by atoms with Crippen molar-refractivity contribution in [3.05, 3.63) is 36.5 Å². The average Bonchev–Trinajstić information content (AvgIpc) is 2.85. The molecule has 1 N–H and O–H groups in total. The first-order chi connectivity index (χ1) is 17.3. The van der Waals surface area contributed by atoms with Crippen LogP contribution >= 0.6 is 0 Å². The van der Waals surface area contributed by atoms with Crippen molar-refractivity contribution in [2.24, 2.45) is 23.7 Å². The van der Waals surface area contributed by atoms with Gasteiger partial charge in [0.2, 0.25) is 0 Å². The van der Waals surface area contributed by atoms with Gasteiger partial charge in [0.25, 0.3) is 0 Å². The Morgan fingerprint density at radius 1 is 0.571 bits per heavy atom. The molecule has 0 aromatic carbocycles. The van der Waals surface area contributed by atoms with Gasteiger partial charge in [0.15, 0.2) is 0 Å². The molecule has 0 saturated carbocycles. The molecule has 2 unspecified atom stereocenters. The lowest BCUT2D eigenvalue weighted by molar-refractivity contribution is 0.00963. The molecular formula is C32H54N2O. The summed E-state index contributed by atoms with van der Waals surface area (Å²) < 4.78 is 0. The van der Waals surface area contributed by atoms with E-state index < -0.39 is 0 Å². The van der Waals surface area contributed by atoms with Gasteiger partial charge in [-0.25, -0.2) is 0 Å². The summed E-state index contributed by atoms with van der Waals surface area (Å²) in [6.07, 6.45) is 33.4. The predicted molar refractivity (Wildman–Crippen MR) is 150 cm³/mol. The van der Waals surface area contributed by atoms with Crippen molar-refractivity contribution in [2.45, 2.75) is 102 Å². The van der Waals surface area contributed by atoms with Crippen LogP contribution < -0.4 is 0 Å². The van der Waals surface area contributed by atoms with E-state index in [4.69, 9.17) is 0 Å². The summed E-state index contributed by atoms with van der Waals surface area (Å²) in [7, 11) is 0. The number of allylic oxidation sites excluding steroid dienone is 4. The summed E-state index contributed by atoms with van der Waals surface area (Å²) in [5.41, 5.74) is 0. The van der Waals surface area contributed by atoms with Crippen LogP contribution in [0.25, 0.3) is 0 Å². The molecule has 0 aliphatic carbocycles. The van der Waals surface area contributed by atoms with Gasteiger partial charge in [0.05, 0.1) is 6.10 Å². The number of rotatable bonds is 0. The Hall–Kier alpha value is -0.900. The van der Waals surface area contributed by atoms with Crippen molar-refractivity contribution in [1.29, 1.82) is 0 Å². The van der Waals surface area contributed by atoms with Gasteiger partial charge >= 0.3 is 0 Å². The van der Waals surface area contributed by atoms with Gasteiger partial charge in [0, 0.05) is 32.7 Å². The molecular weight excluding hydrogens is 428 g/mol. The number of aliphatic hydroxyl groups is 1. The van der Waals surface area contributed by atoms with Crippen molar-refractivity contribution in [2.75, 3.05) is 39.3 Å². The van der Waals surface area contributed by atoms with Crippen LogP contribution in [0.15, 0.2) is 36.5 Å². The SMILES string of the molecule is O[C@@H]1/C=C\C=C\CCCCCC[C@@H]2CN3CC/C=C\CCCCCC[C@H]4C[C@H](CN(C4)C1)[C@@H]2CC3. The molecule has 5 rings (SSSR count). The molecule has 7 atom stereocenters. The monoisotopic (exact) mass is 482 g/mol. The Labute approximate surface area is 216 Å². The molecule has 3 nitrogen and oxygen atoms in total. The zero-order valence-electron chi connectivity index (χ0n) is 22.5. The van der Waals surface area contributed by atoms with E-state index in [2.05, 4.69) is 40.2 Å². The Bertz CT molecular complexity index is 670. The summed E-state index contributed by atoms with van der Waals surface area (Å²) in [4.78, 5) is 5.45. The van der Waals surface area contributed by atoms with E-state index >= 15 is 0 Å². The summed E-state index contributed by atoms with van der Waals surface area (Å²) in [6.45, 7) is 7.10. The molecule has 0 radical (unpaired) electrons. The van der Waals surface area contributed by atoms with E-state index in [1.54, 1.807) is 0 Å². The molecule has 198 valence electrons. The molecule has 0 amide bonds. The fourth-order valence-electron chi connectivity index (χ4n) is 7.53. The number of hydrogen-bond donors (Lipinski definition) is 1. The number of nitrogens with zero attached hydrogens (tertiary/aromatic N) is 2. The van der Waals surface area contributed by atoms with Crippen LogP contribution in [0.2, 0.25) is 0 Å².